The SMILES string of the molecule is CCC(C)c1ccc(OCCCn2c(COc3cc(C)ccc3C)nc3ccccc32)cc1. The Morgan fingerprint density at radius 1 is 0.939 bits per heavy atom. The van der Waals surface area contributed by atoms with Crippen molar-refractivity contribution in [3.63, 3.8) is 0 Å². The van der Waals surface area contributed by atoms with E-state index in [1.165, 1.54) is 11.1 Å². The number of fused-ring (bicyclic) bond motifs is 1. The number of nitrogens with zero attached hydrogens (tertiary/aromatic N) is 2. The molecule has 0 amide bonds. The van der Waals surface area contributed by atoms with Crippen LogP contribution >= 0.6 is 0 Å². The zero-order valence-corrected chi connectivity index (χ0v) is 20.2. The minimum absolute atomic E-state index is 0.441. The van der Waals surface area contributed by atoms with Crippen molar-refractivity contribution in [2.45, 2.75) is 59.6 Å². The van der Waals surface area contributed by atoms with Gasteiger partial charge in [0.2, 0.25) is 0 Å². The van der Waals surface area contributed by atoms with Crippen LogP contribution < -0.4 is 9.47 Å². The van der Waals surface area contributed by atoms with E-state index in [-0.39, 0.29) is 0 Å². The lowest BCUT2D eigenvalue weighted by atomic mass is 9.99. The smallest absolute Gasteiger partial charge is 0.148 e. The van der Waals surface area contributed by atoms with Crippen LogP contribution in [-0.2, 0) is 13.2 Å². The van der Waals surface area contributed by atoms with Crippen molar-refractivity contribution < 1.29 is 9.47 Å². The average Bonchev–Trinajstić information content (AvgIpc) is 3.19. The van der Waals surface area contributed by atoms with Crippen LogP contribution in [0.25, 0.3) is 11.0 Å². The summed E-state index contributed by atoms with van der Waals surface area (Å²) in [6.07, 6.45) is 2.04. The lowest BCUT2D eigenvalue weighted by Crippen LogP contribution is -2.10. The topological polar surface area (TPSA) is 36.3 Å². The number of aromatic nitrogens is 2. The third kappa shape index (κ3) is 5.57. The Bertz CT molecular complexity index is 1190. The minimum Gasteiger partial charge on any atom is -0.494 e. The standard InChI is InChI=1S/C29H34N2O2/c1-5-22(3)24-13-15-25(16-14-24)32-18-8-17-31-27-10-7-6-9-26(27)30-29(31)20-33-28-19-21(2)11-12-23(28)4/h6-7,9-16,19,22H,5,8,17-18,20H2,1-4H3. The second-order valence-electron chi connectivity index (χ2n) is 8.81. The van der Waals surface area contributed by atoms with E-state index in [1.54, 1.807) is 0 Å². The molecule has 172 valence electrons. The van der Waals surface area contributed by atoms with E-state index >= 15 is 0 Å². The first kappa shape index (κ1) is 22.9. The minimum atomic E-state index is 0.441. The Labute approximate surface area is 197 Å². The Kier molecular flexibility index (Phi) is 7.33. The van der Waals surface area contributed by atoms with Gasteiger partial charge in [0.15, 0.2) is 0 Å². The van der Waals surface area contributed by atoms with E-state index in [9.17, 15) is 0 Å². The van der Waals surface area contributed by atoms with Gasteiger partial charge in [-0.15, -0.1) is 0 Å². The van der Waals surface area contributed by atoms with Crippen molar-refractivity contribution in [2.24, 2.45) is 0 Å². The van der Waals surface area contributed by atoms with E-state index in [0.717, 1.165) is 53.3 Å². The van der Waals surface area contributed by atoms with E-state index in [4.69, 9.17) is 14.5 Å². The molecule has 0 radical (unpaired) electrons. The lowest BCUT2D eigenvalue weighted by molar-refractivity contribution is 0.279. The van der Waals surface area contributed by atoms with Gasteiger partial charge < -0.3 is 14.0 Å². The molecule has 1 aromatic heterocycles. The van der Waals surface area contributed by atoms with Gasteiger partial charge in [-0.25, -0.2) is 4.98 Å². The molecule has 0 aliphatic rings. The van der Waals surface area contributed by atoms with Crippen LogP contribution in [0.15, 0.2) is 66.7 Å². The molecule has 1 atom stereocenters. The van der Waals surface area contributed by atoms with Crippen LogP contribution in [-0.4, -0.2) is 16.2 Å². The van der Waals surface area contributed by atoms with Gasteiger partial charge in [0.1, 0.15) is 23.9 Å². The van der Waals surface area contributed by atoms with Crippen LogP contribution in [0, 0.1) is 13.8 Å². The summed E-state index contributed by atoms with van der Waals surface area (Å²) in [6.45, 7) is 10.6. The summed E-state index contributed by atoms with van der Waals surface area (Å²) >= 11 is 0. The fraction of sp³-hybridized carbons (Fsp3) is 0.345. The van der Waals surface area contributed by atoms with Gasteiger partial charge >= 0.3 is 0 Å². The van der Waals surface area contributed by atoms with Crippen LogP contribution in [0.3, 0.4) is 0 Å². The lowest BCUT2D eigenvalue weighted by Gasteiger charge is -2.13. The van der Waals surface area contributed by atoms with Crippen molar-refractivity contribution in [2.75, 3.05) is 6.61 Å². The highest BCUT2D eigenvalue weighted by molar-refractivity contribution is 5.75. The molecule has 4 rings (SSSR count). The highest BCUT2D eigenvalue weighted by Gasteiger charge is 2.12. The summed E-state index contributed by atoms with van der Waals surface area (Å²) in [6, 6.07) is 23.1. The summed E-state index contributed by atoms with van der Waals surface area (Å²) in [5, 5.41) is 0. The number of aryl methyl sites for hydroxylation is 3. The molecule has 4 nitrogen and oxygen atoms in total. The molecule has 0 N–H and O–H groups in total. The maximum atomic E-state index is 6.17. The number of para-hydroxylation sites is 2. The number of hydrogen-bond acceptors (Lipinski definition) is 3. The van der Waals surface area contributed by atoms with E-state index < -0.39 is 0 Å². The molecule has 0 bridgehead atoms. The molecule has 0 aliphatic heterocycles. The molecular formula is C29H34N2O2. The molecule has 0 aliphatic carbocycles. The Hall–Kier alpha value is -3.27. The fourth-order valence-corrected chi connectivity index (χ4v) is 4.03. The fourth-order valence-electron chi connectivity index (χ4n) is 4.03. The molecule has 3 aromatic carbocycles. The van der Waals surface area contributed by atoms with Crippen molar-refractivity contribution >= 4 is 11.0 Å². The molecule has 0 saturated heterocycles. The zero-order chi connectivity index (χ0) is 23.2. The molecule has 1 heterocycles. The molecule has 0 saturated carbocycles. The van der Waals surface area contributed by atoms with Crippen LogP contribution in [0.2, 0.25) is 0 Å². The number of hydrogen-bond donors (Lipinski definition) is 0. The summed E-state index contributed by atoms with van der Waals surface area (Å²) in [4.78, 5) is 4.85. The third-order valence-electron chi connectivity index (χ3n) is 6.29. The Morgan fingerprint density at radius 3 is 2.52 bits per heavy atom. The number of benzene rings is 3. The zero-order valence-electron chi connectivity index (χ0n) is 20.2. The van der Waals surface area contributed by atoms with E-state index in [1.807, 2.05) is 6.07 Å². The molecule has 1 unspecified atom stereocenters. The van der Waals surface area contributed by atoms with Gasteiger partial charge in [-0.3, -0.25) is 0 Å². The maximum absolute atomic E-state index is 6.17. The van der Waals surface area contributed by atoms with Crippen molar-refractivity contribution in [3.05, 3.63) is 89.2 Å². The van der Waals surface area contributed by atoms with Crippen LogP contribution in [0.1, 0.15) is 55.1 Å². The second kappa shape index (κ2) is 10.6. The normalized spacial score (nSPS) is 12.1. The predicted octanol–water partition coefficient (Wildman–Crippen LogP) is 7.21. The van der Waals surface area contributed by atoms with Gasteiger partial charge in [-0.05, 0) is 79.6 Å². The van der Waals surface area contributed by atoms with Crippen LogP contribution in [0.5, 0.6) is 11.5 Å². The Balaban J connectivity index is 1.41. The maximum Gasteiger partial charge on any atom is 0.148 e. The summed E-state index contributed by atoms with van der Waals surface area (Å²) in [5.41, 5.74) is 5.83. The molecular weight excluding hydrogens is 408 g/mol. The summed E-state index contributed by atoms with van der Waals surface area (Å²) in [5.74, 6) is 3.36. The number of ether oxygens (including phenoxy) is 2. The number of imidazole rings is 1. The van der Waals surface area contributed by atoms with Gasteiger partial charge in [-0.1, -0.05) is 50.2 Å². The highest BCUT2D eigenvalue weighted by Crippen LogP contribution is 2.23. The molecule has 33 heavy (non-hydrogen) atoms. The molecule has 4 aromatic rings. The van der Waals surface area contributed by atoms with Crippen LogP contribution in [0.4, 0.5) is 0 Å². The number of rotatable bonds is 10. The quantitative estimate of drug-likeness (QED) is 0.243. The second-order valence-corrected chi connectivity index (χ2v) is 8.81. The van der Waals surface area contributed by atoms with Gasteiger partial charge in [0.05, 0.1) is 17.6 Å². The average molecular weight is 443 g/mol. The van der Waals surface area contributed by atoms with Crippen molar-refractivity contribution in [3.8, 4) is 11.5 Å². The summed E-state index contributed by atoms with van der Waals surface area (Å²) < 4.78 is 14.5. The molecule has 0 fully saturated rings. The first-order chi connectivity index (χ1) is 16.0. The first-order valence-corrected chi connectivity index (χ1v) is 11.9. The first-order valence-electron chi connectivity index (χ1n) is 11.9. The van der Waals surface area contributed by atoms with Gasteiger partial charge in [-0.2, -0.15) is 0 Å². The van der Waals surface area contributed by atoms with Gasteiger partial charge in [0.25, 0.3) is 0 Å². The van der Waals surface area contributed by atoms with E-state index in [2.05, 4.69) is 92.9 Å². The monoisotopic (exact) mass is 442 g/mol. The highest BCUT2D eigenvalue weighted by atomic mass is 16.5. The predicted molar refractivity (Wildman–Crippen MR) is 135 cm³/mol. The van der Waals surface area contributed by atoms with Gasteiger partial charge in [0, 0.05) is 6.54 Å². The molecule has 0 spiro atoms. The van der Waals surface area contributed by atoms with Crippen molar-refractivity contribution in [1.29, 1.82) is 0 Å². The largest absolute Gasteiger partial charge is 0.494 e. The summed E-state index contributed by atoms with van der Waals surface area (Å²) in [7, 11) is 0. The third-order valence-corrected chi connectivity index (χ3v) is 6.29. The van der Waals surface area contributed by atoms with Crippen molar-refractivity contribution in [1.82, 2.24) is 9.55 Å². The molecule has 4 heteroatoms. The Morgan fingerprint density at radius 2 is 1.73 bits per heavy atom. The van der Waals surface area contributed by atoms with E-state index in [0.29, 0.717) is 19.1 Å².